The fourth-order valence-corrected chi connectivity index (χ4v) is 2.86. The van der Waals surface area contributed by atoms with Crippen molar-refractivity contribution >= 4 is 23.4 Å². The third-order valence-corrected chi connectivity index (χ3v) is 4.44. The van der Waals surface area contributed by atoms with Crippen LogP contribution in [0.2, 0.25) is 0 Å². The van der Waals surface area contributed by atoms with E-state index in [0.717, 1.165) is 35.0 Å². The summed E-state index contributed by atoms with van der Waals surface area (Å²) in [6.45, 7) is 3.61. The average Bonchev–Trinajstić information content (AvgIpc) is 3.06. The van der Waals surface area contributed by atoms with E-state index in [4.69, 9.17) is 4.42 Å². The van der Waals surface area contributed by atoms with Gasteiger partial charge in [-0.2, -0.15) is 0 Å². The van der Waals surface area contributed by atoms with Gasteiger partial charge in [-0.25, -0.2) is 8.78 Å². The number of aromatic nitrogens is 2. The zero-order chi connectivity index (χ0) is 18.7. The van der Waals surface area contributed by atoms with Crippen molar-refractivity contribution < 1.29 is 18.0 Å². The minimum absolute atomic E-state index is 0.173. The molecule has 0 aliphatic carbocycles. The highest BCUT2D eigenvalue weighted by molar-refractivity contribution is 8.00. The Morgan fingerprint density at radius 3 is 2.69 bits per heavy atom. The van der Waals surface area contributed by atoms with Gasteiger partial charge in [-0.1, -0.05) is 29.5 Å². The summed E-state index contributed by atoms with van der Waals surface area (Å²) >= 11 is 1.08. The van der Waals surface area contributed by atoms with Crippen molar-refractivity contribution in [2.45, 2.75) is 24.3 Å². The van der Waals surface area contributed by atoms with E-state index in [0.29, 0.717) is 5.89 Å². The van der Waals surface area contributed by atoms with Crippen LogP contribution in [0.15, 0.2) is 52.1 Å². The number of halogens is 2. The van der Waals surface area contributed by atoms with Gasteiger partial charge in [0.2, 0.25) is 11.8 Å². The summed E-state index contributed by atoms with van der Waals surface area (Å²) in [6.07, 6.45) is 0. The highest BCUT2D eigenvalue weighted by atomic mass is 32.2. The Morgan fingerprint density at radius 2 is 1.96 bits per heavy atom. The zero-order valence-electron chi connectivity index (χ0n) is 14.0. The summed E-state index contributed by atoms with van der Waals surface area (Å²) in [5.74, 6) is -2.02. The van der Waals surface area contributed by atoms with Crippen molar-refractivity contribution in [3.63, 3.8) is 0 Å². The number of amides is 1. The molecule has 134 valence electrons. The molecule has 0 saturated heterocycles. The van der Waals surface area contributed by atoms with Crippen molar-refractivity contribution in [1.82, 2.24) is 10.2 Å². The Labute approximate surface area is 152 Å². The quantitative estimate of drug-likeness (QED) is 0.668. The summed E-state index contributed by atoms with van der Waals surface area (Å²) in [5.41, 5.74) is 2.03. The second-order valence-corrected chi connectivity index (χ2v) is 6.91. The molecule has 0 fully saturated rings. The van der Waals surface area contributed by atoms with Crippen LogP contribution in [0.5, 0.6) is 0 Å². The molecular formula is C18H15F2N3O2S. The molecule has 26 heavy (non-hydrogen) atoms. The number of nitrogens with one attached hydrogen (secondary N) is 1. The van der Waals surface area contributed by atoms with Crippen LogP contribution >= 0.6 is 11.8 Å². The van der Waals surface area contributed by atoms with Crippen LogP contribution in [0.4, 0.5) is 14.5 Å². The molecule has 0 aliphatic rings. The molecule has 1 atom stereocenters. The molecule has 0 bridgehead atoms. The number of aryl methyl sites for hydroxylation is 1. The number of thioether (sulfide) groups is 1. The first-order valence-corrected chi connectivity index (χ1v) is 8.63. The number of hydrogen-bond donors (Lipinski definition) is 1. The van der Waals surface area contributed by atoms with Crippen LogP contribution in [0.25, 0.3) is 11.5 Å². The first-order valence-electron chi connectivity index (χ1n) is 7.75. The first-order chi connectivity index (χ1) is 12.4. The molecule has 0 unspecified atom stereocenters. The highest BCUT2D eigenvalue weighted by Crippen LogP contribution is 2.27. The van der Waals surface area contributed by atoms with Crippen LogP contribution in [0, 0.1) is 18.6 Å². The summed E-state index contributed by atoms with van der Waals surface area (Å²) in [4.78, 5) is 12.2. The van der Waals surface area contributed by atoms with Gasteiger partial charge in [0.15, 0.2) is 11.6 Å². The minimum atomic E-state index is -1.03. The average molecular weight is 375 g/mol. The Kier molecular flexibility index (Phi) is 5.32. The predicted molar refractivity (Wildman–Crippen MR) is 94.8 cm³/mol. The number of carbonyl (C=O) groups is 1. The van der Waals surface area contributed by atoms with E-state index in [1.165, 1.54) is 6.07 Å². The smallest absolute Gasteiger partial charge is 0.277 e. The number of anilines is 1. The number of carbonyl (C=O) groups excluding carboxylic acids is 1. The lowest BCUT2D eigenvalue weighted by molar-refractivity contribution is -0.115. The third-order valence-electron chi connectivity index (χ3n) is 3.51. The van der Waals surface area contributed by atoms with Gasteiger partial charge >= 0.3 is 0 Å². The molecule has 0 spiro atoms. The van der Waals surface area contributed by atoms with Crippen molar-refractivity contribution in [1.29, 1.82) is 0 Å². The molecule has 1 aromatic heterocycles. The summed E-state index contributed by atoms with van der Waals surface area (Å²) in [7, 11) is 0. The third kappa shape index (κ3) is 4.26. The van der Waals surface area contributed by atoms with Gasteiger partial charge in [0.25, 0.3) is 5.22 Å². The van der Waals surface area contributed by atoms with Gasteiger partial charge in [0.05, 0.1) is 5.25 Å². The van der Waals surface area contributed by atoms with Crippen LogP contribution in [0.1, 0.15) is 12.5 Å². The Morgan fingerprint density at radius 1 is 1.15 bits per heavy atom. The first kappa shape index (κ1) is 18.1. The number of benzene rings is 2. The second kappa shape index (κ2) is 7.65. The largest absolute Gasteiger partial charge is 0.411 e. The van der Waals surface area contributed by atoms with E-state index in [1.807, 2.05) is 31.2 Å². The van der Waals surface area contributed by atoms with Gasteiger partial charge in [-0.05, 0) is 38.1 Å². The maximum Gasteiger partial charge on any atom is 0.277 e. The van der Waals surface area contributed by atoms with Crippen LogP contribution in [-0.4, -0.2) is 21.4 Å². The maximum absolute atomic E-state index is 13.2. The Hall–Kier alpha value is -2.74. The van der Waals surface area contributed by atoms with Crippen molar-refractivity contribution in [2.75, 3.05) is 5.32 Å². The standard InChI is InChI=1S/C18H15F2N3O2S/c1-10-4-3-5-12(8-10)17-22-23-18(25-17)26-11(2)16(24)21-13-6-7-14(19)15(20)9-13/h3-9,11H,1-2H3,(H,21,24)/t11-/m1/s1. The molecule has 3 rings (SSSR count). The number of rotatable bonds is 5. The number of hydrogen-bond acceptors (Lipinski definition) is 5. The predicted octanol–water partition coefficient (Wildman–Crippen LogP) is 4.44. The number of nitrogens with zero attached hydrogens (tertiary/aromatic N) is 2. The minimum Gasteiger partial charge on any atom is -0.411 e. The lowest BCUT2D eigenvalue weighted by Gasteiger charge is -2.10. The van der Waals surface area contributed by atoms with Crippen LogP contribution in [0.3, 0.4) is 0 Å². The highest BCUT2D eigenvalue weighted by Gasteiger charge is 2.19. The summed E-state index contributed by atoms with van der Waals surface area (Å²) < 4.78 is 31.7. The zero-order valence-corrected chi connectivity index (χ0v) is 14.8. The molecule has 1 amide bonds. The monoisotopic (exact) mass is 375 g/mol. The molecule has 1 N–H and O–H groups in total. The fourth-order valence-electron chi connectivity index (χ4n) is 2.17. The lowest BCUT2D eigenvalue weighted by atomic mass is 10.1. The second-order valence-electron chi connectivity index (χ2n) is 5.62. The maximum atomic E-state index is 13.2. The van der Waals surface area contributed by atoms with E-state index < -0.39 is 22.8 Å². The van der Waals surface area contributed by atoms with E-state index in [1.54, 1.807) is 6.92 Å². The SMILES string of the molecule is Cc1cccc(-c2nnc(S[C@H](C)C(=O)Nc3ccc(F)c(F)c3)o2)c1. The molecule has 8 heteroatoms. The summed E-state index contributed by atoms with van der Waals surface area (Å²) in [5, 5.41) is 10.1. The molecule has 0 aliphatic heterocycles. The molecular weight excluding hydrogens is 360 g/mol. The molecule has 5 nitrogen and oxygen atoms in total. The van der Waals surface area contributed by atoms with E-state index in [2.05, 4.69) is 15.5 Å². The topological polar surface area (TPSA) is 68.0 Å². The normalized spacial score (nSPS) is 12.0. The van der Waals surface area contributed by atoms with Gasteiger partial charge in [0, 0.05) is 17.3 Å². The molecule has 2 aromatic carbocycles. The van der Waals surface area contributed by atoms with Gasteiger partial charge < -0.3 is 9.73 Å². The molecule has 3 aromatic rings. The van der Waals surface area contributed by atoms with E-state index in [9.17, 15) is 13.6 Å². The van der Waals surface area contributed by atoms with Crippen LogP contribution < -0.4 is 5.32 Å². The molecule has 1 heterocycles. The van der Waals surface area contributed by atoms with E-state index in [-0.39, 0.29) is 10.9 Å². The Balaban J connectivity index is 1.65. The molecule has 0 saturated carbocycles. The molecule has 0 radical (unpaired) electrons. The van der Waals surface area contributed by atoms with Crippen molar-refractivity contribution in [3.05, 3.63) is 59.7 Å². The van der Waals surface area contributed by atoms with Gasteiger partial charge in [-0.15, -0.1) is 10.2 Å². The van der Waals surface area contributed by atoms with E-state index >= 15 is 0 Å². The van der Waals surface area contributed by atoms with Crippen molar-refractivity contribution in [2.24, 2.45) is 0 Å². The fraction of sp³-hybridized carbons (Fsp3) is 0.167. The van der Waals surface area contributed by atoms with Crippen molar-refractivity contribution in [3.8, 4) is 11.5 Å². The lowest BCUT2D eigenvalue weighted by Crippen LogP contribution is -2.22. The summed E-state index contributed by atoms with van der Waals surface area (Å²) in [6, 6.07) is 10.8. The Bertz CT molecular complexity index is 946. The van der Waals surface area contributed by atoms with Crippen LogP contribution in [-0.2, 0) is 4.79 Å². The van der Waals surface area contributed by atoms with Gasteiger partial charge in [-0.3, -0.25) is 4.79 Å². The van der Waals surface area contributed by atoms with Gasteiger partial charge in [0.1, 0.15) is 0 Å².